The van der Waals surface area contributed by atoms with Gasteiger partial charge in [-0.05, 0) is 37.1 Å². The maximum Gasteiger partial charge on any atom is 0.0529 e. The SMILES string of the molecule is CCN(CC)c1ccc(/C(N)=C(/S)c2ccccc2)cc1. The minimum Gasteiger partial charge on any atom is -0.397 e. The maximum atomic E-state index is 6.25. The summed E-state index contributed by atoms with van der Waals surface area (Å²) in [7, 11) is 0. The smallest absolute Gasteiger partial charge is 0.0529 e. The highest BCUT2D eigenvalue weighted by Crippen LogP contribution is 2.27. The summed E-state index contributed by atoms with van der Waals surface area (Å²) in [6, 6.07) is 18.3. The minimum absolute atomic E-state index is 0.704. The molecule has 0 fully saturated rings. The third-order valence-electron chi connectivity index (χ3n) is 3.61. The minimum atomic E-state index is 0.704. The molecular formula is C18H22N2S. The lowest BCUT2D eigenvalue weighted by Crippen LogP contribution is -2.21. The summed E-state index contributed by atoms with van der Waals surface area (Å²) < 4.78 is 0. The van der Waals surface area contributed by atoms with Crippen LogP contribution >= 0.6 is 12.6 Å². The first-order valence-corrected chi connectivity index (χ1v) is 7.71. The molecule has 0 aliphatic rings. The normalized spacial score (nSPS) is 12.0. The van der Waals surface area contributed by atoms with Crippen LogP contribution in [0, 0.1) is 0 Å². The topological polar surface area (TPSA) is 29.3 Å². The van der Waals surface area contributed by atoms with E-state index in [0.29, 0.717) is 5.70 Å². The average molecular weight is 298 g/mol. The number of nitrogens with two attached hydrogens (primary N) is 1. The van der Waals surface area contributed by atoms with Crippen LogP contribution < -0.4 is 10.6 Å². The Kier molecular flexibility index (Phi) is 5.34. The Bertz CT molecular complexity index is 599. The predicted molar refractivity (Wildman–Crippen MR) is 96.4 cm³/mol. The van der Waals surface area contributed by atoms with Crippen LogP contribution in [-0.2, 0) is 0 Å². The average Bonchev–Trinajstić information content (AvgIpc) is 2.56. The Balaban J connectivity index is 2.30. The van der Waals surface area contributed by atoms with Gasteiger partial charge in [-0.3, -0.25) is 0 Å². The van der Waals surface area contributed by atoms with E-state index in [9.17, 15) is 0 Å². The number of anilines is 1. The van der Waals surface area contributed by atoms with Crippen LogP contribution in [0.4, 0.5) is 5.69 Å². The lowest BCUT2D eigenvalue weighted by atomic mass is 10.1. The van der Waals surface area contributed by atoms with E-state index in [-0.39, 0.29) is 0 Å². The van der Waals surface area contributed by atoms with Crippen LogP contribution in [0.25, 0.3) is 10.6 Å². The molecule has 110 valence electrons. The van der Waals surface area contributed by atoms with E-state index in [1.807, 2.05) is 30.3 Å². The van der Waals surface area contributed by atoms with Crippen LogP contribution in [-0.4, -0.2) is 13.1 Å². The first kappa shape index (κ1) is 15.5. The van der Waals surface area contributed by atoms with Crippen molar-refractivity contribution in [3.63, 3.8) is 0 Å². The third kappa shape index (κ3) is 3.61. The fraction of sp³-hybridized carbons (Fsp3) is 0.222. The number of thiol groups is 1. The van der Waals surface area contributed by atoms with Gasteiger partial charge in [-0.2, -0.15) is 0 Å². The van der Waals surface area contributed by atoms with Crippen molar-refractivity contribution in [1.82, 2.24) is 0 Å². The Morgan fingerprint density at radius 3 is 2.00 bits per heavy atom. The molecule has 0 amide bonds. The molecule has 2 N–H and O–H groups in total. The van der Waals surface area contributed by atoms with Crippen LogP contribution in [0.5, 0.6) is 0 Å². The summed E-state index contributed by atoms with van der Waals surface area (Å²) in [6.45, 7) is 6.33. The molecular weight excluding hydrogens is 276 g/mol. The zero-order chi connectivity index (χ0) is 15.2. The molecule has 0 atom stereocenters. The van der Waals surface area contributed by atoms with Gasteiger partial charge in [-0.15, -0.1) is 12.6 Å². The number of rotatable bonds is 5. The molecule has 2 rings (SSSR count). The van der Waals surface area contributed by atoms with Crippen molar-refractivity contribution in [3.8, 4) is 0 Å². The van der Waals surface area contributed by atoms with E-state index in [0.717, 1.165) is 29.1 Å². The molecule has 2 nitrogen and oxygen atoms in total. The van der Waals surface area contributed by atoms with Crippen molar-refractivity contribution in [1.29, 1.82) is 0 Å². The largest absolute Gasteiger partial charge is 0.397 e. The molecule has 0 bridgehead atoms. The Labute approximate surface area is 132 Å². The van der Waals surface area contributed by atoms with Gasteiger partial charge >= 0.3 is 0 Å². The van der Waals surface area contributed by atoms with Gasteiger partial charge in [0.25, 0.3) is 0 Å². The fourth-order valence-corrected chi connectivity index (χ4v) is 2.61. The first-order valence-electron chi connectivity index (χ1n) is 7.26. The summed E-state index contributed by atoms with van der Waals surface area (Å²) >= 11 is 4.57. The van der Waals surface area contributed by atoms with Crippen molar-refractivity contribution in [2.24, 2.45) is 5.73 Å². The van der Waals surface area contributed by atoms with Gasteiger partial charge in [0.2, 0.25) is 0 Å². The van der Waals surface area contributed by atoms with Crippen LogP contribution in [0.15, 0.2) is 54.6 Å². The molecule has 3 heteroatoms. The fourth-order valence-electron chi connectivity index (χ4n) is 2.33. The van der Waals surface area contributed by atoms with Gasteiger partial charge in [0.05, 0.1) is 5.70 Å². The van der Waals surface area contributed by atoms with Gasteiger partial charge in [-0.25, -0.2) is 0 Å². The summed E-state index contributed by atoms with van der Waals surface area (Å²) in [4.78, 5) is 3.12. The molecule has 2 aromatic rings. The van der Waals surface area contributed by atoms with Crippen LogP contribution in [0.3, 0.4) is 0 Å². The Morgan fingerprint density at radius 2 is 1.48 bits per heavy atom. The first-order chi connectivity index (χ1) is 10.2. The molecule has 0 aliphatic carbocycles. The van der Waals surface area contributed by atoms with Crippen molar-refractivity contribution >= 4 is 28.9 Å². The van der Waals surface area contributed by atoms with Crippen molar-refractivity contribution < 1.29 is 0 Å². The van der Waals surface area contributed by atoms with Crippen molar-refractivity contribution in [2.45, 2.75) is 13.8 Å². The summed E-state index contributed by atoms with van der Waals surface area (Å²) in [6.07, 6.45) is 0. The van der Waals surface area contributed by atoms with Crippen molar-refractivity contribution in [3.05, 3.63) is 65.7 Å². The number of nitrogens with zero attached hydrogens (tertiary/aromatic N) is 1. The third-order valence-corrected chi connectivity index (χ3v) is 4.11. The lowest BCUT2D eigenvalue weighted by molar-refractivity contribution is 0.866. The summed E-state index contributed by atoms with van der Waals surface area (Å²) in [5.41, 5.74) is 10.2. The second-order valence-electron chi connectivity index (χ2n) is 4.85. The highest BCUT2D eigenvalue weighted by Gasteiger charge is 2.06. The van der Waals surface area contributed by atoms with Gasteiger partial charge in [0.15, 0.2) is 0 Å². The lowest BCUT2D eigenvalue weighted by Gasteiger charge is -2.21. The molecule has 0 heterocycles. The van der Waals surface area contributed by atoms with Crippen LogP contribution in [0.2, 0.25) is 0 Å². The highest BCUT2D eigenvalue weighted by molar-refractivity contribution is 7.90. The molecule has 21 heavy (non-hydrogen) atoms. The standard InChI is InChI=1S/C18H22N2S/c1-3-20(4-2)16-12-10-14(11-13-16)17(19)18(21)15-8-6-5-7-9-15/h5-13,21H,3-4,19H2,1-2H3/b18-17-. The van der Waals surface area contributed by atoms with Gasteiger partial charge < -0.3 is 10.6 Å². The van der Waals surface area contributed by atoms with E-state index in [1.54, 1.807) is 0 Å². The van der Waals surface area contributed by atoms with Crippen LogP contribution in [0.1, 0.15) is 25.0 Å². The molecule has 0 spiro atoms. The van der Waals surface area contributed by atoms with Gasteiger partial charge in [-0.1, -0.05) is 42.5 Å². The van der Waals surface area contributed by atoms with Crippen molar-refractivity contribution in [2.75, 3.05) is 18.0 Å². The van der Waals surface area contributed by atoms with Gasteiger partial charge in [0.1, 0.15) is 0 Å². The number of hydrogen-bond acceptors (Lipinski definition) is 3. The Morgan fingerprint density at radius 1 is 0.905 bits per heavy atom. The monoisotopic (exact) mass is 298 g/mol. The summed E-state index contributed by atoms with van der Waals surface area (Å²) in [5, 5.41) is 0. The Hall–Kier alpha value is -1.87. The molecule has 0 aliphatic heterocycles. The molecule has 2 aromatic carbocycles. The maximum absolute atomic E-state index is 6.25. The molecule has 0 aromatic heterocycles. The molecule has 0 unspecified atom stereocenters. The number of hydrogen-bond donors (Lipinski definition) is 2. The molecule has 0 saturated carbocycles. The van der Waals surface area contributed by atoms with E-state index < -0.39 is 0 Å². The zero-order valence-corrected chi connectivity index (χ0v) is 13.5. The van der Waals surface area contributed by atoms with E-state index in [4.69, 9.17) is 5.73 Å². The predicted octanol–water partition coefficient (Wildman–Crippen LogP) is 4.25. The molecule has 0 radical (unpaired) electrons. The second kappa shape index (κ2) is 7.23. The number of benzene rings is 2. The highest BCUT2D eigenvalue weighted by atomic mass is 32.1. The zero-order valence-electron chi connectivity index (χ0n) is 12.6. The summed E-state index contributed by atoms with van der Waals surface area (Å²) in [5.74, 6) is 0. The second-order valence-corrected chi connectivity index (χ2v) is 5.29. The quantitative estimate of drug-likeness (QED) is 0.638. The molecule has 0 saturated heterocycles. The van der Waals surface area contributed by atoms with E-state index >= 15 is 0 Å². The van der Waals surface area contributed by atoms with Gasteiger partial charge in [0, 0.05) is 23.7 Å². The van der Waals surface area contributed by atoms with E-state index in [1.165, 1.54) is 5.69 Å². The van der Waals surface area contributed by atoms with E-state index in [2.05, 4.69) is 55.6 Å².